The number of hydrogen-bond donors (Lipinski definition) is 6. The molecular weight excluding hydrogens is 1790 g/mol. The molecule has 0 bridgehead atoms. The molecule has 0 aliphatic carbocycles. The first-order chi connectivity index (χ1) is 65.9. The number of fused-ring (bicyclic) bond motifs is 12. The molecule has 14 unspecified atom stereocenters. The SMILES string of the molecule is CN1CC2CCN(c3ccc4ccccc4c3)CCC2C1.Clc1ccc(N2CC3CCNCCC3C2)cc1Cl.Clc1cccc(N2CCC3CNCC3CC2)c1Cl.c1cc(N2CC3CCNCCC3C2)c2ccsc2c1.c1cc(N2CC3CCNCCC3C2)c2sccc2c1.c1cc(N2CCC3CNCC3CC2)c2ccsc2c1.c1ccc2cc(N3CCC4CNCC4CC3)ccc2c1. The van der Waals surface area contributed by atoms with Crippen molar-refractivity contribution in [2.45, 2.75) is 89.9 Å². The number of benzene rings is 9. The van der Waals surface area contributed by atoms with Crippen LogP contribution in [0.5, 0.6) is 0 Å². The second kappa shape index (κ2) is 45.4. The van der Waals surface area contributed by atoms with E-state index in [1.807, 2.05) is 58.3 Å². The third-order valence-corrected chi connectivity index (χ3v) is 37.7. The van der Waals surface area contributed by atoms with E-state index < -0.39 is 0 Å². The number of rotatable bonds is 7. The van der Waals surface area contributed by atoms with E-state index in [-0.39, 0.29) is 0 Å². The van der Waals surface area contributed by atoms with Gasteiger partial charge in [0, 0.05) is 153 Å². The second-order valence-corrected chi connectivity index (χ2v) is 45.8. The summed E-state index contributed by atoms with van der Waals surface area (Å²) in [5, 5.41) is 40.2. The lowest BCUT2D eigenvalue weighted by atomic mass is 9.92. The number of anilines is 7. The minimum Gasteiger partial charge on any atom is -0.371 e. The van der Waals surface area contributed by atoms with Crippen molar-refractivity contribution in [1.82, 2.24) is 36.8 Å². The van der Waals surface area contributed by atoms with Crippen molar-refractivity contribution in [3.63, 3.8) is 0 Å². The first-order valence-corrected chi connectivity index (χ1v) is 55.5. The minimum absolute atomic E-state index is 0.637. The Morgan fingerprint density at radius 3 is 1.04 bits per heavy atom. The van der Waals surface area contributed by atoms with Gasteiger partial charge < -0.3 is 71.1 Å². The largest absolute Gasteiger partial charge is 0.371 e. The van der Waals surface area contributed by atoms with E-state index in [0.717, 1.165) is 128 Å². The van der Waals surface area contributed by atoms with Crippen LogP contribution in [0.1, 0.15) is 89.9 Å². The molecule has 0 spiro atoms. The highest BCUT2D eigenvalue weighted by Gasteiger charge is 2.40. The van der Waals surface area contributed by atoms with Crippen LogP contribution in [0.2, 0.25) is 20.1 Å². The van der Waals surface area contributed by atoms with E-state index >= 15 is 0 Å². The van der Waals surface area contributed by atoms with Crippen LogP contribution in [-0.4, -0.2) is 195 Å². The molecule has 3 aromatic heterocycles. The fourth-order valence-corrected chi connectivity index (χ4v) is 28.9. The molecule has 12 aromatic rings. The lowest BCUT2D eigenvalue weighted by molar-refractivity contribution is 0.387. The number of nitrogens with one attached hydrogen (secondary N) is 6. The maximum absolute atomic E-state index is 6.31. The van der Waals surface area contributed by atoms with Gasteiger partial charge in [0.25, 0.3) is 0 Å². The molecule has 14 nitrogen and oxygen atoms in total. The Balaban J connectivity index is 0.0000000971. The number of halogens is 4. The van der Waals surface area contributed by atoms with Crippen molar-refractivity contribution in [2.24, 2.45) is 82.9 Å². The Morgan fingerprint density at radius 1 is 0.246 bits per heavy atom. The van der Waals surface area contributed by atoms with Gasteiger partial charge in [-0.2, -0.15) is 0 Å². The molecule has 0 radical (unpaired) electrons. The van der Waals surface area contributed by atoms with Crippen molar-refractivity contribution >= 4 is 172 Å². The highest BCUT2D eigenvalue weighted by atomic mass is 35.5. The van der Waals surface area contributed by atoms with E-state index in [2.05, 4.69) is 264 Å². The number of thiophene rings is 3. The van der Waals surface area contributed by atoms with Crippen molar-refractivity contribution in [2.75, 3.05) is 225 Å². The van der Waals surface area contributed by atoms with Crippen molar-refractivity contribution in [1.29, 1.82) is 0 Å². The molecule has 9 aromatic carbocycles. The van der Waals surface area contributed by atoms with Gasteiger partial charge >= 0.3 is 0 Å². The van der Waals surface area contributed by atoms with Crippen molar-refractivity contribution < 1.29 is 0 Å². The summed E-state index contributed by atoms with van der Waals surface area (Å²) in [4.78, 5) is 20.5. The Bertz CT molecular complexity index is 5500. The van der Waals surface area contributed by atoms with Crippen molar-refractivity contribution in [3.05, 3.63) is 230 Å². The van der Waals surface area contributed by atoms with Crippen LogP contribution >= 0.6 is 80.4 Å². The summed E-state index contributed by atoms with van der Waals surface area (Å²) in [6.07, 6.45) is 18.5. The average Bonchev–Trinajstić information content (AvgIpc) is 1.65. The summed E-state index contributed by atoms with van der Waals surface area (Å²) in [6.45, 7) is 33.8. The molecule has 14 atom stereocenters. The quantitative estimate of drug-likeness (QED) is 0.0914. The molecule has 134 heavy (non-hydrogen) atoms. The van der Waals surface area contributed by atoms with Crippen LogP contribution in [-0.2, 0) is 0 Å². The van der Waals surface area contributed by atoms with Gasteiger partial charge in [0.2, 0.25) is 0 Å². The summed E-state index contributed by atoms with van der Waals surface area (Å²) in [6, 6.07) is 70.1. The van der Waals surface area contributed by atoms with Gasteiger partial charge in [-0.05, 0) is 405 Å². The molecule has 17 heterocycles. The predicted molar refractivity (Wildman–Crippen MR) is 580 cm³/mol. The molecule has 0 saturated carbocycles. The zero-order valence-corrected chi connectivity index (χ0v) is 84.3. The third-order valence-electron chi connectivity index (χ3n) is 33.4. The first kappa shape index (κ1) is 94.5. The van der Waals surface area contributed by atoms with Gasteiger partial charge in [-0.25, -0.2) is 0 Å². The van der Waals surface area contributed by atoms with E-state index in [4.69, 9.17) is 46.4 Å². The second-order valence-electron chi connectivity index (χ2n) is 41.4. The molecule has 6 N–H and O–H groups in total. The molecule has 14 aliphatic heterocycles. The van der Waals surface area contributed by atoms with Crippen LogP contribution in [0, 0.1) is 82.9 Å². The van der Waals surface area contributed by atoms with Gasteiger partial charge in [0.15, 0.2) is 0 Å². The van der Waals surface area contributed by atoms with E-state index in [9.17, 15) is 0 Å². The van der Waals surface area contributed by atoms with E-state index in [1.165, 1.54) is 320 Å². The topological polar surface area (TPSA) is 98.1 Å². The Labute approximate surface area is 829 Å². The van der Waals surface area contributed by atoms with Crippen molar-refractivity contribution in [3.8, 4) is 0 Å². The summed E-state index contributed by atoms with van der Waals surface area (Å²) < 4.78 is 4.31. The molecule has 710 valence electrons. The highest BCUT2D eigenvalue weighted by molar-refractivity contribution is 7.18. The molecule has 26 rings (SSSR count). The predicted octanol–water partition coefficient (Wildman–Crippen LogP) is 23.8. The zero-order chi connectivity index (χ0) is 90.6. The van der Waals surface area contributed by atoms with Gasteiger partial charge in [-0.15, -0.1) is 34.0 Å². The van der Waals surface area contributed by atoms with E-state index in [0.29, 0.717) is 20.1 Å². The minimum atomic E-state index is 0.637. The maximum atomic E-state index is 6.31. The molecule has 14 fully saturated rings. The van der Waals surface area contributed by atoms with Crippen LogP contribution < -0.4 is 66.2 Å². The number of hydrogen-bond acceptors (Lipinski definition) is 17. The summed E-state index contributed by atoms with van der Waals surface area (Å²) in [5.74, 6) is 12.4. The molecular formula is C113H142Cl4N14S3. The van der Waals surface area contributed by atoms with Gasteiger partial charge in [0.1, 0.15) is 0 Å². The monoisotopic (exact) mass is 1930 g/mol. The first-order valence-electron chi connectivity index (χ1n) is 51.4. The molecule has 0 amide bonds. The number of likely N-dealkylation sites (tertiary alicyclic amines) is 1. The van der Waals surface area contributed by atoms with Gasteiger partial charge in [0.05, 0.1) is 36.2 Å². The lowest BCUT2D eigenvalue weighted by Crippen LogP contribution is -2.26. The molecule has 14 saturated heterocycles. The summed E-state index contributed by atoms with van der Waals surface area (Å²) in [7, 11) is 2.27. The Morgan fingerprint density at radius 2 is 0.590 bits per heavy atom. The van der Waals surface area contributed by atoms with Crippen LogP contribution in [0.15, 0.2) is 210 Å². The standard InChI is InChI=1S/C19H24N2.C18H22N2.3C16H20N2S.2C14H18Cl2N2/c1-20-13-17-8-10-21(11-9-18(17)14-20)19-7-6-15-4-2-3-5-16(15)12-19;1-2-4-15-11-18(6-5-14(15)3-1)20-9-7-16-12-19-13-17(16)8-10-20;1-2-15(14-6-9-19-16(14)3-1)18-7-4-12-10-17-11-13(12)5-8-18;1-2-15(14-6-9-19-16(14)3-1)18-10-12-4-7-17-8-5-13(12)11-18;1-2-12-6-9-19-16(12)15(3-1)18-10-13-4-7-17-8-5-14(13)11-18;15-13-2-1-12(7-14(13)16)18-8-10-3-5-17-6-4-11(10)9-18;15-12-2-1-3-13(14(12)16)18-6-4-10-8-17-9-11(10)5-7-18/h2-7,12,17-18H,8-11,13-14H2,1H3;1-6,11,16-17,19H,7-10,12-13H2;2*1-3,6,9,12-13,17H,4-5,7-8,10-11H2;1-3,6,9,13-14,17H,4-5,7-8,10-11H2;1-2,7,10-11,17H,3-6,8-9H2;1-3,10-11,17H,4-9H2. The Kier molecular flexibility index (Phi) is 32.0. The lowest BCUT2D eigenvalue weighted by Gasteiger charge is -2.24. The summed E-state index contributed by atoms with van der Waals surface area (Å²) >= 11 is 30.1. The fourth-order valence-electron chi connectivity index (χ4n) is 25.6. The van der Waals surface area contributed by atoms with Crippen LogP contribution in [0.4, 0.5) is 39.8 Å². The Hall–Kier alpha value is -7.14. The fraction of sp³-hybridized carbons (Fsp3) is 0.504. The third kappa shape index (κ3) is 22.8. The number of nitrogens with zero attached hydrogens (tertiary/aromatic N) is 8. The molecule has 21 heteroatoms. The van der Waals surface area contributed by atoms with Crippen LogP contribution in [0.3, 0.4) is 0 Å². The normalized spacial score (nSPS) is 27.4. The zero-order valence-electron chi connectivity index (χ0n) is 78.8. The summed E-state index contributed by atoms with van der Waals surface area (Å²) in [5.41, 5.74) is 9.49. The maximum Gasteiger partial charge on any atom is 0.0825 e. The molecule has 14 aliphatic rings. The smallest absolute Gasteiger partial charge is 0.0825 e. The van der Waals surface area contributed by atoms with Crippen LogP contribution in [0.25, 0.3) is 51.8 Å². The van der Waals surface area contributed by atoms with E-state index in [1.54, 1.807) is 0 Å². The average molecular weight is 1930 g/mol. The van der Waals surface area contributed by atoms with Gasteiger partial charge in [-0.1, -0.05) is 137 Å². The van der Waals surface area contributed by atoms with Gasteiger partial charge in [-0.3, -0.25) is 0 Å². The highest BCUT2D eigenvalue weighted by Crippen LogP contribution is 2.45.